The van der Waals surface area contributed by atoms with Gasteiger partial charge in [-0.2, -0.15) is 0 Å². The van der Waals surface area contributed by atoms with E-state index in [-0.39, 0.29) is 5.69 Å². The highest BCUT2D eigenvalue weighted by Crippen LogP contribution is 2.25. The van der Waals surface area contributed by atoms with E-state index >= 15 is 0 Å². The molecule has 98 valence electrons. The smallest absolute Gasteiger partial charge is 0.354 e. The number of anilines is 3. The number of hydrogen-bond donors (Lipinski definition) is 3. The van der Waals surface area contributed by atoms with Crippen molar-refractivity contribution in [1.82, 2.24) is 4.98 Å². The minimum absolute atomic E-state index is 0.0496. The van der Waals surface area contributed by atoms with Gasteiger partial charge in [0.1, 0.15) is 0 Å². The van der Waals surface area contributed by atoms with Gasteiger partial charge in [0.25, 0.3) is 0 Å². The molecule has 4 N–H and O–H groups in total. The summed E-state index contributed by atoms with van der Waals surface area (Å²) in [5.41, 5.74) is 7.96. The summed E-state index contributed by atoms with van der Waals surface area (Å²) in [6, 6.07) is 8.59. The van der Waals surface area contributed by atoms with Gasteiger partial charge in [0.15, 0.2) is 11.5 Å². The van der Waals surface area contributed by atoms with Crippen LogP contribution in [0, 0.1) is 6.92 Å². The number of aromatic nitrogens is 1. The van der Waals surface area contributed by atoms with Crippen LogP contribution in [0.3, 0.4) is 0 Å². The molecule has 2 rings (SSSR count). The number of carboxylic acids is 1. The minimum Gasteiger partial charge on any atom is -0.477 e. The summed E-state index contributed by atoms with van der Waals surface area (Å²) >= 11 is 3.38. The molecule has 0 fully saturated rings. The summed E-state index contributed by atoms with van der Waals surface area (Å²) < 4.78 is 0.968. The SMILES string of the molecule is Cc1cc(Br)ccc1Nc1nc(C(=O)O)ccc1N. The lowest BCUT2D eigenvalue weighted by molar-refractivity contribution is 0.0690. The third-order valence-electron chi connectivity index (χ3n) is 2.59. The second kappa shape index (κ2) is 5.27. The first-order valence-corrected chi connectivity index (χ1v) is 6.29. The Bertz CT molecular complexity index is 644. The molecule has 1 heterocycles. The molecule has 0 saturated carbocycles. The van der Waals surface area contributed by atoms with E-state index in [0.29, 0.717) is 11.5 Å². The Hall–Kier alpha value is -2.08. The zero-order chi connectivity index (χ0) is 14.0. The van der Waals surface area contributed by atoms with E-state index in [2.05, 4.69) is 26.2 Å². The third-order valence-corrected chi connectivity index (χ3v) is 3.08. The maximum absolute atomic E-state index is 10.9. The molecule has 5 nitrogen and oxygen atoms in total. The van der Waals surface area contributed by atoms with Crippen LogP contribution in [0.25, 0.3) is 0 Å². The lowest BCUT2D eigenvalue weighted by Crippen LogP contribution is -2.06. The van der Waals surface area contributed by atoms with Gasteiger partial charge in [-0.05, 0) is 42.8 Å². The summed E-state index contributed by atoms with van der Waals surface area (Å²) in [6.45, 7) is 1.93. The van der Waals surface area contributed by atoms with E-state index in [0.717, 1.165) is 15.7 Å². The van der Waals surface area contributed by atoms with Crippen molar-refractivity contribution >= 4 is 39.1 Å². The lowest BCUT2D eigenvalue weighted by Gasteiger charge is -2.11. The summed E-state index contributed by atoms with van der Waals surface area (Å²) in [5, 5.41) is 12.0. The molecule has 0 saturated heterocycles. The van der Waals surface area contributed by atoms with Gasteiger partial charge < -0.3 is 16.2 Å². The normalized spacial score (nSPS) is 10.2. The Kier molecular flexibility index (Phi) is 3.71. The average molecular weight is 322 g/mol. The molecule has 0 atom stereocenters. The van der Waals surface area contributed by atoms with Crippen molar-refractivity contribution in [2.24, 2.45) is 0 Å². The molecule has 0 bridgehead atoms. The van der Waals surface area contributed by atoms with Crippen molar-refractivity contribution in [3.05, 3.63) is 46.1 Å². The van der Waals surface area contributed by atoms with E-state index in [4.69, 9.17) is 10.8 Å². The Balaban J connectivity index is 2.37. The number of halogens is 1. The van der Waals surface area contributed by atoms with Crippen molar-refractivity contribution < 1.29 is 9.90 Å². The van der Waals surface area contributed by atoms with Crippen LogP contribution < -0.4 is 11.1 Å². The average Bonchev–Trinajstić information content (AvgIpc) is 2.34. The number of carboxylic acid groups (broad SMARTS) is 1. The van der Waals surface area contributed by atoms with Gasteiger partial charge in [-0.1, -0.05) is 15.9 Å². The Labute approximate surface area is 118 Å². The first-order chi connectivity index (χ1) is 8.97. The number of carbonyl (C=O) groups is 1. The number of benzene rings is 1. The zero-order valence-corrected chi connectivity index (χ0v) is 11.7. The van der Waals surface area contributed by atoms with E-state index in [1.54, 1.807) is 0 Å². The number of aromatic carboxylic acids is 1. The van der Waals surface area contributed by atoms with Crippen molar-refractivity contribution in [3.63, 3.8) is 0 Å². The number of nitrogen functional groups attached to an aromatic ring is 1. The molecule has 2 aromatic rings. The monoisotopic (exact) mass is 321 g/mol. The van der Waals surface area contributed by atoms with Crippen LogP contribution in [0.2, 0.25) is 0 Å². The molecule has 19 heavy (non-hydrogen) atoms. The maximum Gasteiger partial charge on any atom is 0.354 e. The Morgan fingerprint density at radius 1 is 1.37 bits per heavy atom. The summed E-state index contributed by atoms with van der Waals surface area (Å²) in [6.07, 6.45) is 0. The predicted octanol–water partition coefficient (Wildman–Crippen LogP) is 3.18. The van der Waals surface area contributed by atoms with Crippen molar-refractivity contribution in [2.75, 3.05) is 11.1 Å². The number of nitrogens with zero attached hydrogens (tertiary/aromatic N) is 1. The van der Waals surface area contributed by atoms with Crippen LogP contribution in [0.5, 0.6) is 0 Å². The van der Waals surface area contributed by atoms with Crippen LogP contribution in [0.15, 0.2) is 34.8 Å². The zero-order valence-electron chi connectivity index (χ0n) is 10.1. The molecule has 0 unspecified atom stereocenters. The fraction of sp³-hybridized carbons (Fsp3) is 0.0769. The highest BCUT2D eigenvalue weighted by molar-refractivity contribution is 9.10. The van der Waals surface area contributed by atoms with Crippen LogP contribution in [0.1, 0.15) is 16.1 Å². The minimum atomic E-state index is -1.09. The molecule has 0 spiro atoms. The van der Waals surface area contributed by atoms with E-state index < -0.39 is 5.97 Å². The van der Waals surface area contributed by atoms with Crippen molar-refractivity contribution in [1.29, 1.82) is 0 Å². The fourth-order valence-electron chi connectivity index (χ4n) is 1.58. The van der Waals surface area contributed by atoms with Crippen molar-refractivity contribution in [3.8, 4) is 0 Å². The molecular weight excluding hydrogens is 310 g/mol. The van der Waals surface area contributed by atoms with Gasteiger partial charge in [0, 0.05) is 10.2 Å². The van der Waals surface area contributed by atoms with Gasteiger partial charge >= 0.3 is 5.97 Å². The molecule has 0 aliphatic rings. The number of aryl methyl sites for hydroxylation is 1. The van der Waals surface area contributed by atoms with Gasteiger partial charge in [-0.3, -0.25) is 0 Å². The van der Waals surface area contributed by atoms with Gasteiger partial charge in [0.05, 0.1) is 5.69 Å². The molecule has 0 aliphatic heterocycles. The second-order valence-corrected chi connectivity index (χ2v) is 4.94. The maximum atomic E-state index is 10.9. The van der Waals surface area contributed by atoms with Crippen LogP contribution >= 0.6 is 15.9 Å². The molecule has 1 aromatic heterocycles. The lowest BCUT2D eigenvalue weighted by atomic mass is 10.2. The van der Waals surface area contributed by atoms with Gasteiger partial charge in [-0.25, -0.2) is 9.78 Å². The highest BCUT2D eigenvalue weighted by Gasteiger charge is 2.09. The van der Waals surface area contributed by atoms with E-state index in [9.17, 15) is 4.79 Å². The Morgan fingerprint density at radius 2 is 2.11 bits per heavy atom. The molecular formula is C13H12BrN3O2. The number of nitrogens with one attached hydrogen (secondary N) is 1. The largest absolute Gasteiger partial charge is 0.477 e. The highest BCUT2D eigenvalue weighted by atomic mass is 79.9. The van der Waals surface area contributed by atoms with Crippen LogP contribution in [0.4, 0.5) is 17.2 Å². The Morgan fingerprint density at radius 3 is 2.74 bits per heavy atom. The topological polar surface area (TPSA) is 88.2 Å². The summed E-state index contributed by atoms with van der Waals surface area (Å²) in [4.78, 5) is 14.9. The third kappa shape index (κ3) is 3.03. The molecule has 0 aliphatic carbocycles. The van der Waals surface area contributed by atoms with Gasteiger partial charge in [0.2, 0.25) is 0 Å². The standard InChI is InChI=1S/C13H12BrN3O2/c1-7-6-8(14)2-4-10(7)16-12-9(15)3-5-11(17-12)13(18)19/h2-6H,15H2,1H3,(H,16,17)(H,18,19). The number of rotatable bonds is 3. The molecule has 6 heteroatoms. The van der Waals surface area contributed by atoms with Crippen molar-refractivity contribution in [2.45, 2.75) is 6.92 Å². The quantitative estimate of drug-likeness (QED) is 0.808. The first-order valence-electron chi connectivity index (χ1n) is 5.50. The molecule has 1 aromatic carbocycles. The van der Waals surface area contributed by atoms with E-state index in [1.807, 2.05) is 25.1 Å². The van der Waals surface area contributed by atoms with Crippen LogP contribution in [-0.4, -0.2) is 16.1 Å². The molecule has 0 radical (unpaired) electrons. The van der Waals surface area contributed by atoms with Crippen LogP contribution in [-0.2, 0) is 0 Å². The molecule has 0 amide bonds. The number of nitrogens with two attached hydrogens (primary N) is 1. The van der Waals surface area contributed by atoms with Gasteiger partial charge in [-0.15, -0.1) is 0 Å². The number of hydrogen-bond acceptors (Lipinski definition) is 4. The fourth-order valence-corrected chi connectivity index (χ4v) is 2.06. The van der Waals surface area contributed by atoms with E-state index in [1.165, 1.54) is 12.1 Å². The first kappa shape index (κ1) is 13.4. The second-order valence-electron chi connectivity index (χ2n) is 4.02. The summed E-state index contributed by atoms with van der Waals surface area (Å²) in [5.74, 6) is -0.749. The predicted molar refractivity (Wildman–Crippen MR) is 77.8 cm³/mol. The number of pyridine rings is 1. The summed E-state index contributed by atoms with van der Waals surface area (Å²) in [7, 11) is 0.